The van der Waals surface area contributed by atoms with Crippen molar-refractivity contribution in [3.63, 3.8) is 0 Å². The molecule has 1 aliphatic carbocycles. The van der Waals surface area contributed by atoms with Crippen LogP contribution in [0.4, 0.5) is 0 Å². The van der Waals surface area contributed by atoms with Crippen molar-refractivity contribution in [3.8, 4) is 0 Å². The van der Waals surface area contributed by atoms with Gasteiger partial charge in [-0.1, -0.05) is 26.7 Å². The molecule has 0 aromatic rings. The number of nitrogens with two attached hydrogens (primary N) is 1. The summed E-state index contributed by atoms with van der Waals surface area (Å²) < 4.78 is 0. The van der Waals surface area contributed by atoms with Crippen LogP contribution in [0.25, 0.3) is 0 Å². The fraction of sp³-hybridized carbons (Fsp3) is 0.923. The van der Waals surface area contributed by atoms with Crippen LogP contribution in [-0.4, -0.2) is 11.9 Å². The lowest BCUT2D eigenvalue weighted by Gasteiger charge is -2.13. The van der Waals surface area contributed by atoms with E-state index in [0.717, 1.165) is 11.8 Å². The van der Waals surface area contributed by atoms with Crippen molar-refractivity contribution in [2.45, 2.75) is 65.3 Å². The Balaban J connectivity index is 2.32. The molecular formula is C13H26N2. The lowest BCUT2D eigenvalue weighted by molar-refractivity contribution is 0.513. The normalized spacial score (nSPS) is 21.2. The van der Waals surface area contributed by atoms with Gasteiger partial charge in [-0.15, -0.1) is 0 Å². The van der Waals surface area contributed by atoms with Gasteiger partial charge in [-0.05, 0) is 38.5 Å². The Morgan fingerprint density at radius 1 is 1.20 bits per heavy atom. The van der Waals surface area contributed by atoms with Gasteiger partial charge in [-0.25, -0.2) is 0 Å². The number of rotatable bonds is 5. The average molecular weight is 210 g/mol. The first-order chi connectivity index (χ1) is 7.09. The van der Waals surface area contributed by atoms with E-state index in [4.69, 9.17) is 5.73 Å². The quantitative estimate of drug-likeness (QED) is 0.548. The van der Waals surface area contributed by atoms with Crippen LogP contribution in [0.2, 0.25) is 0 Å². The van der Waals surface area contributed by atoms with Crippen LogP contribution in [0.1, 0.15) is 59.3 Å². The van der Waals surface area contributed by atoms with Crippen molar-refractivity contribution >= 4 is 5.84 Å². The van der Waals surface area contributed by atoms with Gasteiger partial charge in [-0.3, -0.25) is 4.99 Å². The van der Waals surface area contributed by atoms with Gasteiger partial charge in [-0.2, -0.15) is 0 Å². The summed E-state index contributed by atoms with van der Waals surface area (Å²) in [4.78, 5) is 4.63. The second kappa shape index (κ2) is 6.14. The summed E-state index contributed by atoms with van der Waals surface area (Å²) in [5, 5.41) is 0. The van der Waals surface area contributed by atoms with Crippen molar-refractivity contribution < 1.29 is 0 Å². The molecule has 0 radical (unpaired) electrons. The molecule has 0 heterocycles. The van der Waals surface area contributed by atoms with E-state index in [1.54, 1.807) is 0 Å². The maximum absolute atomic E-state index is 6.04. The Morgan fingerprint density at radius 2 is 1.80 bits per heavy atom. The topological polar surface area (TPSA) is 38.4 Å². The summed E-state index contributed by atoms with van der Waals surface area (Å²) in [7, 11) is 0. The highest BCUT2D eigenvalue weighted by molar-refractivity contribution is 5.83. The van der Waals surface area contributed by atoms with Crippen LogP contribution in [0.5, 0.6) is 0 Å². The largest absolute Gasteiger partial charge is 0.387 e. The van der Waals surface area contributed by atoms with Gasteiger partial charge in [0.1, 0.15) is 0 Å². The lowest BCUT2D eigenvalue weighted by Crippen LogP contribution is -2.23. The smallest absolute Gasteiger partial charge is 0.0971 e. The monoisotopic (exact) mass is 210 g/mol. The van der Waals surface area contributed by atoms with E-state index in [1.807, 2.05) is 0 Å². The van der Waals surface area contributed by atoms with Gasteiger partial charge >= 0.3 is 0 Å². The van der Waals surface area contributed by atoms with Gasteiger partial charge in [0.05, 0.1) is 5.84 Å². The summed E-state index contributed by atoms with van der Waals surface area (Å²) in [5.74, 6) is 2.28. The molecule has 15 heavy (non-hydrogen) atoms. The molecule has 0 saturated heterocycles. The molecule has 1 unspecified atom stereocenters. The molecule has 88 valence electrons. The van der Waals surface area contributed by atoms with Gasteiger partial charge < -0.3 is 5.73 Å². The molecular weight excluding hydrogens is 184 g/mol. The minimum atomic E-state index is 0.410. The van der Waals surface area contributed by atoms with Crippen LogP contribution in [0.15, 0.2) is 4.99 Å². The van der Waals surface area contributed by atoms with Gasteiger partial charge in [0.2, 0.25) is 0 Å². The zero-order valence-electron chi connectivity index (χ0n) is 10.5. The fourth-order valence-electron chi connectivity index (χ4n) is 2.22. The van der Waals surface area contributed by atoms with E-state index in [1.165, 1.54) is 38.5 Å². The summed E-state index contributed by atoms with van der Waals surface area (Å²) in [6.45, 7) is 6.71. The third-order valence-corrected chi connectivity index (χ3v) is 3.30. The molecule has 0 aromatic heterocycles. The Hall–Kier alpha value is -0.530. The molecule has 2 nitrogen and oxygen atoms in total. The second-order valence-corrected chi connectivity index (χ2v) is 5.36. The van der Waals surface area contributed by atoms with Crippen molar-refractivity contribution in [1.82, 2.24) is 0 Å². The lowest BCUT2D eigenvalue weighted by atomic mass is 10.0. The zero-order valence-corrected chi connectivity index (χ0v) is 10.5. The minimum absolute atomic E-state index is 0.410. The fourth-order valence-corrected chi connectivity index (χ4v) is 2.22. The molecule has 1 aliphatic rings. The van der Waals surface area contributed by atoms with Crippen molar-refractivity contribution in [2.24, 2.45) is 22.6 Å². The molecule has 0 aliphatic heterocycles. The molecule has 1 saturated carbocycles. The molecule has 0 aromatic carbocycles. The summed E-state index contributed by atoms with van der Waals surface area (Å²) in [6, 6.07) is 0.410. The molecule has 0 amide bonds. The van der Waals surface area contributed by atoms with Crippen molar-refractivity contribution in [3.05, 3.63) is 0 Å². The molecule has 0 spiro atoms. The summed E-state index contributed by atoms with van der Waals surface area (Å²) in [6.07, 6.45) is 7.61. The first-order valence-corrected chi connectivity index (χ1v) is 6.42. The highest BCUT2D eigenvalue weighted by atomic mass is 14.9. The number of hydrogen-bond donors (Lipinski definition) is 1. The highest BCUT2D eigenvalue weighted by Gasteiger charge is 2.18. The number of aliphatic imine (C=N–C) groups is 1. The van der Waals surface area contributed by atoms with Crippen molar-refractivity contribution in [2.75, 3.05) is 0 Å². The predicted molar refractivity (Wildman–Crippen MR) is 67.1 cm³/mol. The molecule has 2 heteroatoms. The standard InChI is InChI=1S/C13H26N2/c1-10(2)8-9-11(3)15-13(14)12-6-4-5-7-12/h10-12H,4-9H2,1-3H3,(H2,14,15). The van der Waals surface area contributed by atoms with E-state index in [0.29, 0.717) is 12.0 Å². The zero-order chi connectivity index (χ0) is 11.3. The average Bonchev–Trinajstić information content (AvgIpc) is 2.67. The van der Waals surface area contributed by atoms with Crippen LogP contribution in [0, 0.1) is 11.8 Å². The second-order valence-electron chi connectivity index (χ2n) is 5.36. The first-order valence-electron chi connectivity index (χ1n) is 6.42. The Morgan fingerprint density at radius 3 is 2.33 bits per heavy atom. The summed E-state index contributed by atoms with van der Waals surface area (Å²) >= 11 is 0. The van der Waals surface area contributed by atoms with Gasteiger partial charge in [0, 0.05) is 12.0 Å². The van der Waals surface area contributed by atoms with Crippen LogP contribution in [0.3, 0.4) is 0 Å². The van der Waals surface area contributed by atoms with E-state index < -0.39 is 0 Å². The molecule has 2 N–H and O–H groups in total. The van der Waals surface area contributed by atoms with Gasteiger partial charge in [0.15, 0.2) is 0 Å². The van der Waals surface area contributed by atoms with Crippen molar-refractivity contribution in [1.29, 1.82) is 0 Å². The number of amidine groups is 1. The minimum Gasteiger partial charge on any atom is -0.387 e. The molecule has 1 atom stereocenters. The highest BCUT2D eigenvalue weighted by Crippen LogP contribution is 2.25. The van der Waals surface area contributed by atoms with E-state index in [2.05, 4.69) is 25.8 Å². The number of nitrogens with zero attached hydrogens (tertiary/aromatic N) is 1. The van der Waals surface area contributed by atoms with E-state index in [9.17, 15) is 0 Å². The van der Waals surface area contributed by atoms with Crippen LogP contribution >= 0.6 is 0 Å². The van der Waals surface area contributed by atoms with Gasteiger partial charge in [0.25, 0.3) is 0 Å². The molecule has 1 fully saturated rings. The SMILES string of the molecule is CC(C)CCC(C)N=C(N)C1CCCC1. The van der Waals surface area contributed by atoms with Crippen LogP contribution in [-0.2, 0) is 0 Å². The maximum Gasteiger partial charge on any atom is 0.0971 e. The molecule has 1 rings (SSSR count). The predicted octanol–water partition coefficient (Wildman–Crippen LogP) is 3.36. The third kappa shape index (κ3) is 4.67. The Bertz CT molecular complexity index is 203. The van der Waals surface area contributed by atoms with E-state index in [-0.39, 0.29) is 0 Å². The van der Waals surface area contributed by atoms with E-state index >= 15 is 0 Å². The molecule has 0 bridgehead atoms. The summed E-state index contributed by atoms with van der Waals surface area (Å²) in [5.41, 5.74) is 6.04. The maximum atomic E-state index is 6.04. The number of hydrogen-bond acceptors (Lipinski definition) is 1. The van der Waals surface area contributed by atoms with Crippen LogP contribution < -0.4 is 5.73 Å². The Labute approximate surface area is 94.3 Å². The Kier molecular flexibility index (Phi) is 5.13. The third-order valence-electron chi connectivity index (χ3n) is 3.30. The first kappa shape index (κ1) is 12.5.